The third kappa shape index (κ3) is 3.51. The van der Waals surface area contributed by atoms with Crippen LogP contribution in [0.1, 0.15) is 28.1 Å². The maximum atomic E-state index is 12.8. The summed E-state index contributed by atoms with van der Waals surface area (Å²) < 4.78 is 28.3. The quantitative estimate of drug-likeness (QED) is 0.715. The lowest BCUT2D eigenvalue weighted by Crippen LogP contribution is -2.26. The highest BCUT2D eigenvalue weighted by Crippen LogP contribution is 2.26. The zero-order valence-corrected chi connectivity index (χ0v) is 16.2. The molecule has 0 radical (unpaired) electrons. The summed E-state index contributed by atoms with van der Waals surface area (Å²) in [6.07, 6.45) is 0. The minimum atomic E-state index is -3.64. The van der Waals surface area contributed by atoms with Crippen molar-refractivity contribution < 1.29 is 8.42 Å². The lowest BCUT2D eigenvalue weighted by Gasteiger charge is -2.15. The molecule has 0 unspecified atom stereocenters. The molecular weight excluding hydrogens is 356 g/mol. The number of rotatable bonds is 5. The second-order valence-electron chi connectivity index (χ2n) is 6.00. The zero-order chi connectivity index (χ0) is 18.2. The van der Waals surface area contributed by atoms with Crippen LogP contribution in [0.25, 0.3) is 10.7 Å². The molecule has 0 amide bonds. The number of hydrogen-bond donors (Lipinski definition) is 2. The molecule has 2 heterocycles. The Morgan fingerprint density at radius 1 is 1.16 bits per heavy atom. The Hall–Kier alpha value is -2.03. The first-order chi connectivity index (χ1) is 11.8. The Morgan fingerprint density at radius 3 is 2.44 bits per heavy atom. The summed E-state index contributed by atoms with van der Waals surface area (Å²) in [4.78, 5) is 5.63. The monoisotopic (exact) mass is 376 g/mol. The number of thiophene rings is 1. The molecule has 2 N–H and O–H groups in total. The van der Waals surface area contributed by atoms with Crippen LogP contribution in [0.3, 0.4) is 0 Å². The van der Waals surface area contributed by atoms with Crippen molar-refractivity contribution in [3.8, 4) is 10.7 Å². The molecule has 0 aliphatic rings. The number of aromatic amines is 1. The van der Waals surface area contributed by atoms with Gasteiger partial charge in [0.25, 0.3) is 0 Å². The molecule has 0 saturated heterocycles. The van der Waals surface area contributed by atoms with Crippen LogP contribution < -0.4 is 4.72 Å². The molecule has 0 atom stereocenters. The predicted molar refractivity (Wildman–Crippen MR) is 99.1 cm³/mol. The maximum absolute atomic E-state index is 12.8. The molecular formula is C17H20N4O2S2. The van der Waals surface area contributed by atoms with Crippen LogP contribution in [0.2, 0.25) is 0 Å². The number of benzene rings is 1. The van der Waals surface area contributed by atoms with Crippen molar-refractivity contribution in [3.05, 3.63) is 51.7 Å². The molecule has 1 aromatic carbocycles. The highest BCUT2D eigenvalue weighted by atomic mass is 32.2. The van der Waals surface area contributed by atoms with E-state index in [9.17, 15) is 8.42 Å². The van der Waals surface area contributed by atoms with Crippen molar-refractivity contribution in [2.45, 2.75) is 39.1 Å². The van der Waals surface area contributed by atoms with Gasteiger partial charge in [0.05, 0.1) is 16.3 Å². The lowest BCUT2D eigenvalue weighted by molar-refractivity contribution is 0.578. The van der Waals surface area contributed by atoms with Crippen LogP contribution in [-0.4, -0.2) is 23.6 Å². The summed E-state index contributed by atoms with van der Waals surface area (Å²) in [7, 11) is -3.64. The number of aromatic nitrogens is 3. The Labute approximate surface area is 151 Å². The average Bonchev–Trinajstić information content (AvgIpc) is 3.22. The molecule has 25 heavy (non-hydrogen) atoms. The first kappa shape index (κ1) is 17.8. The van der Waals surface area contributed by atoms with Gasteiger partial charge < -0.3 is 0 Å². The van der Waals surface area contributed by atoms with Crippen LogP contribution >= 0.6 is 11.3 Å². The van der Waals surface area contributed by atoms with Crippen molar-refractivity contribution in [2.24, 2.45) is 0 Å². The Kier molecular flexibility index (Phi) is 4.77. The molecule has 0 aliphatic heterocycles. The van der Waals surface area contributed by atoms with E-state index in [0.717, 1.165) is 27.1 Å². The molecule has 3 aromatic rings. The standard InChI is InChI=1S/C17H20N4O2S2/c1-10-8-11(2)13(4)16(12(10)3)25(22,23)18-9-15-19-17(21-20-15)14-6-5-7-24-14/h5-8,18H,9H2,1-4H3,(H,19,20,21). The van der Waals surface area contributed by atoms with Gasteiger partial charge >= 0.3 is 0 Å². The first-order valence-corrected chi connectivity index (χ1v) is 10.2. The first-order valence-electron chi connectivity index (χ1n) is 7.82. The van der Waals surface area contributed by atoms with Gasteiger partial charge in [0.2, 0.25) is 10.0 Å². The molecule has 0 aliphatic carbocycles. The molecule has 132 valence electrons. The van der Waals surface area contributed by atoms with Crippen molar-refractivity contribution in [2.75, 3.05) is 0 Å². The Bertz CT molecular complexity index is 979. The van der Waals surface area contributed by atoms with Crippen LogP contribution in [0.15, 0.2) is 28.5 Å². The van der Waals surface area contributed by atoms with Crippen LogP contribution in [0.4, 0.5) is 0 Å². The molecule has 0 saturated carbocycles. The van der Waals surface area contributed by atoms with E-state index in [4.69, 9.17) is 0 Å². The number of sulfonamides is 1. The fraction of sp³-hybridized carbons (Fsp3) is 0.294. The molecule has 0 bridgehead atoms. The van der Waals surface area contributed by atoms with Crippen molar-refractivity contribution in [1.82, 2.24) is 19.9 Å². The van der Waals surface area contributed by atoms with E-state index >= 15 is 0 Å². The van der Waals surface area contributed by atoms with Gasteiger partial charge in [-0.1, -0.05) is 12.1 Å². The summed E-state index contributed by atoms with van der Waals surface area (Å²) >= 11 is 1.53. The van der Waals surface area contributed by atoms with E-state index < -0.39 is 10.0 Å². The number of nitrogens with one attached hydrogen (secondary N) is 2. The van der Waals surface area contributed by atoms with E-state index in [1.165, 1.54) is 11.3 Å². The van der Waals surface area contributed by atoms with Crippen molar-refractivity contribution in [1.29, 1.82) is 0 Å². The predicted octanol–water partition coefficient (Wildman–Crippen LogP) is 3.25. The molecule has 0 fully saturated rings. The van der Waals surface area contributed by atoms with E-state index in [-0.39, 0.29) is 6.54 Å². The number of aryl methyl sites for hydroxylation is 2. The molecule has 3 rings (SSSR count). The molecule has 2 aromatic heterocycles. The normalized spacial score (nSPS) is 11.8. The topological polar surface area (TPSA) is 87.7 Å². The fourth-order valence-corrected chi connectivity index (χ4v) is 4.97. The van der Waals surface area contributed by atoms with Crippen molar-refractivity contribution in [3.63, 3.8) is 0 Å². The third-order valence-corrected chi connectivity index (χ3v) is 6.81. The van der Waals surface area contributed by atoms with Gasteiger partial charge in [-0.15, -0.1) is 11.3 Å². The van der Waals surface area contributed by atoms with Gasteiger partial charge in [-0.05, 0) is 61.4 Å². The average molecular weight is 377 g/mol. The Morgan fingerprint density at radius 2 is 1.84 bits per heavy atom. The third-order valence-electron chi connectivity index (χ3n) is 4.27. The summed E-state index contributed by atoms with van der Waals surface area (Å²) in [5, 5.41) is 8.87. The zero-order valence-electron chi connectivity index (χ0n) is 14.5. The van der Waals surface area contributed by atoms with Crippen LogP contribution in [0.5, 0.6) is 0 Å². The fourth-order valence-electron chi connectivity index (χ4n) is 2.71. The van der Waals surface area contributed by atoms with Crippen molar-refractivity contribution >= 4 is 21.4 Å². The minimum Gasteiger partial charge on any atom is -0.262 e. The number of H-pyrrole nitrogens is 1. The minimum absolute atomic E-state index is 0.0621. The van der Waals surface area contributed by atoms with Gasteiger partial charge in [0, 0.05) is 0 Å². The van der Waals surface area contributed by atoms with E-state index in [1.54, 1.807) is 0 Å². The number of hydrogen-bond acceptors (Lipinski definition) is 5. The molecule has 6 nitrogen and oxygen atoms in total. The lowest BCUT2D eigenvalue weighted by atomic mass is 10.0. The SMILES string of the molecule is Cc1cc(C)c(C)c(S(=O)(=O)NCc2nc(-c3cccs3)n[nH]2)c1C. The van der Waals surface area contributed by atoms with Crippen LogP contribution in [-0.2, 0) is 16.6 Å². The number of nitrogens with zero attached hydrogens (tertiary/aromatic N) is 2. The second kappa shape index (κ2) is 6.70. The molecule has 8 heteroatoms. The molecule has 0 spiro atoms. The summed E-state index contributed by atoms with van der Waals surface area (Å²) in [5.41, 5.74) is 3.46. The summed E-state index contributed by atoms with van der Waals surface area (Å²) in [5.74, 6) is 1.05. The van der Waals surface area contributed by atoms with Gasteiger partial charge in [0.15, 0.2) is 5.82 Å². The Balaban J connectivity index is 1.84. The largest absolute Gasteiger partial charge is 0.262 e. The van der Waals surface area contributed by atoms with E-state index in [2.05, 4.69) is 19.9 Å². The highest BCUT2D eigenvalue weighted by Gasteiger charge is 2.22. The highest BCUT2D eigenvalue weighted by molar-refractivity contribution is 7.89. The second-order valence-corrected chi connectivity index (χ2v) is 8.65. The summed E-state index contributed by atoms with van der Waals surface area (Å²) in [6, 6.07) is 5.85. The maximum Gasteiger partial charge on any atom is 0.241 e. The van der Waals surface area contributed by atoms with Gasteiger partial charge in [0.1, 0.15) is 5.82 Å². The van der Waals surface area contributed by atoms with Gasteiger partial charge in [-0.2, -0.15) is 5.10 Å². The smallest absolute Gasteiger partial charge is 0.241 e. The van der Waals surface area contributed by atoms with Gasteiger partial charge in [-0.3, -0.25) is 5.10 Å². The van der Waals surface area contributed by atoms with E-state index in [0.29, 0.717) is 16.5 Å². The summed E-state index contributed by atoms with van der Waals surface area (Å²) in [6.45, 7) is 7.57. The van der Waals surface area contributed by atoms with E-state index in [1.807, 2.05) is 51.3 Å². The van der Waals surface area contributed by atoms with Gasteiger partial charge in [-0.25, -0.2) is 18.1 Å². The van der Waals surface area contributed by atoms with Crippen LogP contribution in [0, 0.1) is 27.7 Å².